The topological polar surface area (TPSA) is 37.8 Å². The van der Waals surface area contributed by atoms with Crippen molar-refractivity contribution in [2.75, 3.05) is 0 Å². The van der Waals surface area contributed by atoms with E-state index < -0.39 is 23.2 Å². The van der Waals surface area contributed by atoms with E-state index >= 15 is 0 Å². The molecule has 0 atom stereocenters. The number of nitrogens with one attached hydrogen (secondary N) is 1. The fourth-order valence-electron chi connectivity index (χ4n) is 2.32. The maximum absolute atomic E-state index is 13.1. The average molecular weight is 310 g/mol. The lowest BCUT2D eigenvalue weighted by molar-refractivity contribution is -0.137. The number of aromatic nitrogens is 2. The van der Waals surface area contributed by atoms with Crippen molar-refractivity contribution >= 4 is 11.0 Å². The Morgan fingerprint density at radius 2 is 1.86 bits per heavy atom. The molecule has 1 N–H and O–H groups in total. The van der Waals surface area contributed by atoms with E-state index in [1.54, 1.807) is 0 Å². The summed E-state index contributed by atoms with van der Waals surface area (Å²) in [6.07, 6.45) is -4.44. The summed E-state index contributed by atoms with van der Waals surface area (Å²) in [5.41, 5.74) is -0.204. The highest BCUT2D eigenvalue weighted by atomic mass is 19.4. The van der Waals surface area contributed by atoms with Crippen LogP contribution in [0.15, 0.2) is 47.3 Å². The highest BCUT2D eigenvalue weighted by Crippen LogP contribution is 2.29. The average Bonchev–Trinajstić information content (AvgIpc) is 2.74. The fraction of sp³-hybridized carbons (Fsp3) is 0.133. The van der Waals surface area contributed by atoms with Gasteiger partial charge >= 0.3 is 11.9 Å². The van der Waals surface area contributed by atoms with Gasteiger partial charge in [-0.1, -0.05) is 12.1 Å². The van der Waals surface area contributed by atoms with Crippen molar-refractivity contribution in [2.24, 2.45) is 0 Å². The Bertz CT molecular complexity index is 892. The van der Waals surface area contributed by atoms with Crippen LogP contribution in [0.2, 0.25) is 0 Å². The molecule has 0 spiro atoms. The minimum Gasteiger partial charge on any atom is -0.305 e. The number of hydrogen-bond acceptors (Lipinski definition) is 1. The van der Waals surface area contributed by atoms with Gasteiger partial charge in [0.1, 0.15) is 5.82 Å². The van der Waals surface area contributed by atoms with Crippen molar-refractivity contribution in [2.45, 2.75) is 12.7 Å². The molecule has 1 aromatic heterocycles. The van der Waals surface area contributed by atoms with Gasteiger partial charge in [0, 0.05) is 0 Å². The highest BCUT2D eigenvalue weighted by molar-refractivity contribution is 5.75. The summed E-state index contributed by atoms with van der Waals surface area (Å²) in [5.74, 6) is -0.500. The molecule has 0 fully saturated rings. The summed E-state index contributed by atoms with van der Waals surface area (Å²) in [6, 6.07) is 8.53. The first-order chi connectivity index (χ1) is 10.3. The first-order valence-corrected chi connectivity index (χ1v) is 6.39. The van der Waals surface area contributed by atoms with Crippen molar-refractivity contribution in [3.05, 3.63) is 69.9 Å². The molecular weight excluding hydrogens is 300 g/mol. The molecule has 0 aliphatic carbocycles. The lowest BCUT2D eigenvalue weighted by atomic mass is 10.1. The van der Waals surface area contributed by atoms with Crippen LogP contribution in [0.1, 0.15) is 11.1 Å². The lowest BCUT2D eigenvalue weighted by Crippen LogP contribution is -2.17. The third-order valence-corrected chi connectivity index (χ3v) is 3.33. The number of alkyl halides is 3. The van der Waals surface area contributed by atoms with E-state index in [2.05, 4.69) is 4.98 Å². The molecule has 0 radical (unpaired) electrons. The summed E-state index contributed by atoms with van der Waals surface area (Å²) >= 11 is 0. The van der Waals surface area contributed by atoms with Gasteiger partial charge in [-0.2, -0.15) is 13.2 Å². The van der Waals surface area contributed by atoms with Crippen LogP contribution < -0.4 is 5.69 Å². The molecule has 1 heterocycles. The minimum absolute atomic E-state index is 0.0333. The molecule has 0 aliphatic rings. The molecule has 2 aromatic carbocycles. The molecule has 114 valence electrons. The van der Waals surface area contributed by atoms with E-state index in [4.69, 9.17) is 0 Å². The predicted octanol–water partition coefficient (Wildman–Crippen LogP) is 3.54. The van der Waals surface area contributed by atoms with Crippen LogP contribution in [0.3, 0.4) is 0 Å². The number of fused-ring (bicyclic) bond motifs is 1. The molecule has 3 aromatic rings. The van der Waals surface area contributed by atoms with Crippen molar-refractivity contribution in [3.63, 3.8) is 0 Å². The Hall–Kier alpha value is -2.57. The van der Waals surface area contributed by atoms with Crippen LogP contribution >= 0.6 is 0 Å². The fourth-order valence-corrected chi connectivity index (χ4v) is 2.32. The van der Waals surface area contributed by atoms with Crippen molar-refractivity contribution in [3.8, 4) is 0 Å². The van der Waals surface area contributed by atoms with E-state index in [0.29, 0.717) is 16.6 Å². The van der Waals surface area contributed by atoms with Gasteiger partial charge < -0.3 is 4.98 Å². The maximum Gasteiger partial charge on any atom is 0.416 e. The molecule has 0 unspecified atom stereocenters. The van der Waals surface area contributed by atoms with Gasteiger partial charge in [-0.05, 0) is 35.9 Å². The number of imidazole rings is 1. The van der Waals surface area contributed by atoms with E-state index in [9.17, 15) is 22.4 Å². The second-order valence-electron chi connectivity index (χ2n) is 4.88. The Labute approximate surface area is 121 Å². The quantitative estimate of drug-likeness (QED) is 0.722. The molecule has 3 rings (SSSR count). The van der Waals surface area contributed by atoms with Crippen LogP contribution in [-0.2, 0) is 12.7 Å². The number of aromatic amines is 1. The first kappa shape index (κ1) is 14.4. The van der Waals surface area contributed by atoms with Crippen molar-refractivity contribution < 1.29 is 17.6 Å². The molecule has 0 bridgehead atoms. The lowest BCUT2D eigenvalue weighted by Gasteiger charge is -2.09. The van der Waals surface area contributed by atoms with Gasteiger partial charge in [0.2, 0.25) is 0 Å². The van der Waals surface area contributed by atoms with Gasteiger partial charge in [-0.15, -0.1) is 0 Å². The summed E-state index contributed by atoms with van der Waals surface area (Å²) < 4.78 is 52.5. The molecule has 0 aliphatic heterocycles. The number of H-pyrrole nitrogens is 1. The number of nitrogens with zero attached hydrogens (tertiary/aromatic N) is 1. The van der Waals surface area contributed by atoms with Crippen molar-refractivity contribution in [1.82, 2.24) is 9.55 Å². The molecule has 0 amide bonds. The van der Waals surface area contributed by atoms with Gasteiger partial charge in [-0.3, -0.25) is 4.57 Å². The normalized spacial score (nSPS) is 12.0. The molecular formula is C15H10F4N2O. The van der Waals surface area contributed by atoms with Gasteiger partial charge in [-0.25, -0.2) is 9.18 Å². The predicted molar refractivity (Wildman–Crippen MR) is 73.1 cm³/mol. The second kappa shape index (κ2) is 5.01. The van der Waals surface area contributed by atoms with E-state index in [-0.39, 0.29) is 6.54 Å². The van der Waals surface area contributed by atoms with Crippen LogP contribution in [0.4, 0.5) is 17.6 Å². The van der Waals surface area contributed by atoms with Crippen LogP contribution in [-0.4, -0.2) is 9.55 Å². The molecule has 22 heavy (non-hydrogen) atoms. The van der Waals surface area contributed by atoms with E-state index in [1.807, 2.05) is 0 Å². The molecule has 0 saturated heterocycles. The Morgan fingerprint density at radius 3 is 2.59 bits per heavy atom. The Balaban J connectivity index is 2.04. The van der Waals surface area contributed by atoms with Crippen LogP contribution in [0.25, 0.3) is 11.0 Å². The van der Waals surface area contributed by atoms with Gasteiger partial charge in [0.05, 0.1) is 23.1 Å². The summed E-state index contributed by atoms with van der Waals surface area (Å²) in [4.78, 5) is 14.4. The number of benzene rings is 2. The second-order valence-corrected chi connectivity index (χ2v) is 4.88. The zero-order chi connectivity index (χ0) is 15.9. The molecule has 3 nitrogen and oxygen atoms in total. The number of hydrogen-bond donors (Lipinski definition) is 1. The van der Waals surface area contributed by atoms with E-state index in [1.165, 1.54) is 34.9 Å². The zero-order valence-electron chi connectivity index (χ0n) is 11.1. The van der Waals surface area contributed by atoms with Crippen LogP contribution in [0, 0.1) is 5.82 Å². The monoisotopic (exact) mass is 310 g/mol. The highest BCUT2D eigenvalue weighted by Gasteiger charge is 2.30. The SMILES string of the molecule is O=c1[nH]c2cc(F)ccc2n1Cc1cccc(C(F)(F)F)c1. The Morgan fingerprint density at radius 1 is 1.09 bits per heavy atom. The first-order valence-electron chi connectivity index (χ1n) is 6.39. The standard InChI is InChI=1S/C15H10F4N2O/c16-11-4-5-13-12(7-11)20-14(22)21(13)8-9-2-1-3-10(6-9)15(17,18)19/h1-7H,8H2,(H,20,22). The third kappa shape index (κ3) is 2.61. The Kier molecular flexibility index (Phi) is 3.27. The van der Waals surface area contributed by atoms with Gasteiger partial charge in [0.25, 0.3) is 0 Å². The molecule has 7 heteroatoms. The summed E-state index contributed by atoms with van der Waals surface area (Å²) in [5, 5.41) is 0. The third-order valence-electron chi connectivity index (χ3n) is 3.33. The summed E-state index contributed by atoms with van der Waals surface area (Å²) in [7, 11) is 0. The molecule has 0 saturated carbocycles. The summed E-state index contributed by atoms with van der Waals surface area (Å²) in [6.45, 7) is -0.0333. The van der Waals surface area contributed by atoms with Crippen LogP contribution in [0.5, 0.6) is 0 Å². The van der Waals surface area contributed by atoms with Gasteiger partial charge in [0.15, 0.2) is 0 Å². The smallest absolute Gasteiger partial charge is 0.305 e. The maximum atomic E-state index is 13.1. The van der Waals surface area contributed by atoms with E-state index in [0.717, 1.165) is 12.1 Å². The van der Waals surface area contributed by atoms with Crippen molar-refractivity contribution in [1.29, 1.82) is 0 Å². The number of rotatable bonds is 2. The zero-order valence-corrected chi connectivity index (χ0v) is 11.1. The largest absolute Gasteiger partial charge is 0.416 e. The minimum atomic E-state index is -4.44. The number of halogens is 4.